The van der Waals surface area contributed by atoms with Crippen LogP contribution in [0.1, 0.15) is 27.4 Å². The highest BCUT2D eigenvalue weighted by Gasteiger charge is 2.17. The highest BCUT2D eigenvalue weighted by molar-refractivity contribution is 5.93. The number of amides is 1. The van der Waals surface area contributed by atoms with Crippen LogP contribution < -0.4 is 5.32 Å². The first-order valence-electron chi connectivity index (χ1n) is 8.89. The van der Waals surface area contributed by atoms with E-state index in [1.165, 1.54) is 0 Å². The first-order chi connectivity index (χ1) is 13.6. The van der Waals surface area contributed by atoms with Crippen molar-refractivity contribution in [2.45, 2.75) is 20.4 Å². The molecule has 0 radical (unpaired) electrons. The molecule has 140 valence electrons. The summed E-state index contributed by atoms with van der Waals surface area (Å²) in [4.78, 5) is 16.5. The molecule has 0 saturated heterocycles. The maximum atomic E-state index is 12.5. The number of para-hydroxylation sites is 1. The van der Waals surface area contributed by atoms with Crippen LogP contribution in [0.3, 0.4) is 0 Å². The van der Waals surface area contributed by atoms with Crippen molar-refractivity contribution in [2.24, 2.45) is 0 Å². The molecule has 0 fully saturated rings. The van der Waals surface area contributed by atoms with Crippen LogP contribution in [-0.4, -0.2) is 25.8 Å². The maximum absolute atomic E-state index is 12.5. The number of nitrogens with one attached hydrogen (secondary N) is 1. The van der Waals surface area contributed by atoms with Gasteiger partial charge >= 0.3 is 0 Å². The Morgan fingerprint density at radius 1 is 1.14 bits per heavy atom. The number of benzene rings is 1. The monoisotopic (exact) mass is 373 g/mol. The second-order valence-electron chi connectivity index (χ2n) is 6.40. The largest absolute Gasteiger partial charge is 0.355 e. The Bertz CT molecular complexity index is 1100. The number of carbonyl (C=O) groups excluding carboxylic acids is 1. The van der Waals surface area contributed by atoms with Crippen LogP contribution in [-0.2, 0) is 6.54 Å². The fourth-order valence-corrected chi connectivity index (χ4v) is 3.04. The molecule has 3 heterocycles. The first kappa shape index (κ1) is 17.7. The van der Waals surface area contributed by atoms with Gasteiger partial charge in [-0.05, 0) is 38.1 Å². The summed E-state index contributed by atoms with van der Waals surface area (Å²) < 4.78 is 7.15. The third-order valence-electron chi connectivity index (χ3n) is 4.56. The van der Waals surface area contributed by atoms with Gasteiger partial charge in [-0.15, -0.1) is 0 Å². The molecule has 0 unspecified atom stereocenters. The molecule has 1 amide bonds. The van der Waals surface area contributed by atoms with Gasteiger partial charge in [0.05, 0.1) is 11.4 Å². The average Bonchev–Trinajstić information content (AvgIpc) is 3.33. The van der Waals surface area contributed by atoms with Crippen LogP contribution in [0.2, 0.25) is 0 Å². The molecule has 0 bridgehead atoms. The second-order valence-corrected chi connectivity index (χ2v) is 6.40. The zero-order valence-electron chi connectivity index (χ0n) is 15.6. The lowest BCUT2D eigenvalue weighted by Crippen LogP contribution is -2.23. The number of pyridine rings is 1. The van der Waals surface area contributed by atoms with Crippen LogP contribution in [0.5, 0.6) is 0 Å². The van der Waals surface area contributed by atoms with Crippen molar-refractivity contribution in [1.82, 2.24) is 25.2 Å². The fourth-order valence-electron chi connectivity index (χ4n) is 3.04. The lowest BCUT2D eigenvalue weighted by atomic mass is 10.2. The molecule has 0 aliphatic carbocycles. The number of hydrogen-bond donors (Lipinski definition) is 1. The molecule has 7 nitrogen and oxygen atoms in total. The summed E-state index contributed by atoms with van der Waals surface area (Å²) in [5.41, 5.74) is 4.82. The number of aryl methyl sites for hydroxylation is 1. The van der Waals surface area contributed by atoms with Crippen molar-refractivity contribution >= 4 is 5.91 Å². The highest BCUT2D eigenvalue weighted by atomic mass is 16.5. The number of carbonyl (C=O) groups is 1. The van der Waals surface area contributed by atoms with E-state index in [2.05, 4.69) is 20.6 Å². The molecule has 4 aromatic rings. The molecule has 0 saturated carbocycles. The van der Waals surface area contributed by atoms with Crippen molar-refractivity contribution in [3.63, 3.8) is 0 Å². The molecule has 28 heavy (non-hydrogen) atoms. The molecule has 0 aliphatic heterocycles. The van der Waals surface area contributed by atoms with Crippen molar-refractivity contribution < 1.29 is 9.32 Å². The van der Waals surface area contributed by atoms with Gasteiger partial charge < -0.3 is 9.84 Å². The third kappa shape index (κ3) is 3.42. The summed E-state index contributed by atoms with van der Waals surface area (Å²) in [7, 11) is 0. The Labute approximate surface area is 162 Å². The van der Waals surface area contributed by atoms with Crippen LogP contribution >= 0.6 is 0 Å². The highest BCUT2D eigenvalue weighted by Crippen LogP contribution is 2.20. The Morgan fingerprint density at radius 2 is 1.96 bits per heavy atom. The topological polar surface area (TPSA) is 85.8 Å². The van der Waals surface area contributed by atoms with Gasteiger partial charge in [-0.3, -0.25) is 9.78 Å². The number of rotatable bonds is 5. The van der Waals surface area contributed by atoms with Gasteiger partial charge in [-0.25, -0.2) is 4.68 Å². The predicted molar refractivity (Wildman–Crippen MR) is 104 cm³/mol. The van der Waals surface area contributed by atoms with E-state index in [0.29, 0.717) is 12.3 Å². The molecule has 7 heteroatoms. The van der Waals surface area contributed by atoms with E-state index in [-0.39, 0.29) is 11.6 Å². The quantitative estimate of drug-likeness (QED) is 0.579. The minimum Gasteiger partial charge on any atom is -0.355 e. The zero-order valence-corrected chi connectivity index (χ0v) is 15.6. The van der Waals surface area contributed by atoms with Crippen LogP contribution in [0, 0.1) is 13.8 Å². The minimum atomic E-state index is -0.301. The number of hydrogen-bond acceptors (Lipinski definition) is 5. The summed E-state index contributed by atoms with van der Waals surface area (Å²) in [5.74, 6) is 0.202. The second kappa shape index (κ2) is 7.48. The standard InChI is InChI=1S/C21H19N5O2/c1-14-18(15(2)26(24-14)17-8-4-3-5-9-17)13-23-21(27)19-11-20(28-25-19)16-7-6-10-22-12-16/h3-12H,13H2,1-2H3,(H,23,27). The molecule has 0 atom stereocenters. The molecule has 1 N–H and O–H groups in total. The van der Waals surface area contributed by atoms with Gasteiger partial charge in [0.15, 0.2) is 11.5 Å². The molecule has 4 rings (SSSR count). The van der Waals surface area contributed by atoms with Gasteiger partial charge in [0.25, 0.3) is 5.91 Å². The van der Waals surface area contributed by atoms with Crippen LogP contribution in [0.4, 0.5) is 0 Å². The van der Waals surface area contributed by atoms with Crippen LogP contribution in [0.25, 0.3) is 17.0 Å². The fraction of sp³-hybridized carbons (Fsp3) is 0.143. The Hall–Kier alpha value is -3.74. The maximum Gasteiger partial charge on any atom is 0.273 e. The average molecular weight is 373 g/mol. The SMILES string of the molecule is Cc1nn(-c2ccccc2)c(C)c1CNC(=O)c1cc(-c2cccnc2)on1. The molecular weight excluding hydrogens is 354 g/mol. The van der Waals surface area contributed by atoms with E-state index in [9.17, 15) is 4.79 Å². The summed E-state index contributed by atoms with van der Waals surface area (Å²) >= 11 is 0. The van der Waals surface area contributed by atoms with Gasteiger partial charge in [-0.2, -0.15) is 5.10 Å². The Morgan fingerprint density at radius 3 is 2.71 bits per heavy atom. The van der Waals surface area contributed by atoms with Crippen molar-refractivity contribution in [3.8, 4) is 17.0 Å². The third-order valence-corrected chi connectivity index (χ3v) is 4.56. The van der Waals surface area contributed by atoms with E-state index in [4.69, 9.17) is 4.52 Å². The molecule has 0 aliphatic rings. The van der Waals surface area contributed by atoms with E-state index in [1.807, 2.05) is 54.9 Å². The van der Waals surface area contributed by atoms with Gasteiger partial charge in [0, 0.05) is 41.8 Å². The molecular formula is C21H19N5O2. The lowest BCUT2D eigenvalue weighted by molar-refractivity contribution is 0.0942. The normalized spacial score (nSPS) is 10.8. The van der Waals surface area contributed by atoms with E-state index in [1.54, 1.807) is 24.5 Å². The van der Waals surface area contributed by atoms with Crippen molar-refractivity contribution in [3.05, 3.63) is 83.6 Å². The molecule has 1 aromatic carbocycles. The predicted octanol–water partition coefficient (Wildman–Crippen LogP) is 3.47. The van der Waals surface area contributed by atoms with E-state index < -0.39 is 0 Å². The first-order valence-corrected chi connectivity index (χ1v) is 8.89. The van der Waals surface area contributed by atoms with E-state index in [0.717, 1.165) is 28.2 Å². The van der Waals surface area contributed by atoms with E-state index >= 15 is 0 Å². The minimum absolute atomic E-state index is 0.226. The van der Waals surface area contributed by atoms with Gasteiger partial charge in [-0.1, -0.05) is 23.4 Å². The van der Waals surface area contributed by atoms with Crippen molar-refractivity contribution in [2.75, 3.05) is 0 Å². The lowest BCUT2D eigenvalue weighted by Gasteiger charge is -2.06. The van der Waals surface area contributed by atoms with Gasteiger partial charge in [0.1, 0.15) is 0 Å². The number of nitrogens with zero attached hydrogens (tertiary/aromatic N) is 4. The van der Waals surface area contributed by atoms with Gasteiger partial charge in [0.2, 0.25) is 0 Å². The van der Waals surface area contributed by atoms with Crippen molar-refractivity contribution in [1.29, 1.82) is 0 Å². The Balaban J connectivity index is 1.49. The summed E-state index contributed by atoms with van der Waals surface area (Å²) in [6.45, 7) is 4.29. The summed E-state index contributed by atoms with van der Waals surface area (Å²) in [6.07, 6.45) is 3.33. The Kier molecular flexibility index (Phi) is 4.72. The summed E-state index contributed by atoms with van der Waals surface area (Å²) in [5, 5.41) is 11.4. The zero-order chi connectivity index (χ0) is 19.5. The van der Waals surface area contributed by atoms with Crippen LogP contribution in [0.15, 0.2) is 65.4 Å². The smallest absolute Gasteiger partial charge is 0.273 e. The number of aromatic nitrogens is 4. The molecule has 0 spiro atoms. The molecule has 3 aromatic heterocycles. The summed E-state index contributed by atoms with van der Waals surface area (Å²) in [6, 6.07) is 15.2.